The normalized spacial score (nSPS) is 9.79. The molecule has 0 spiro atoms. The van der Waals surface area contributed by atoms with Crippen LogP contribution in [0.4, 0.5) is 4.79 Å². The molecule has 5 nitrogen and oxygen atoms in total. The standard InChI is InChI=1S/C9H17NO4/c1-5-6-10(14-8(4)11)9(12)13-7(2)3/h7H,5-6H2,1-4H3. The first-order valence-electron chi connectivity index (χ1n) is 4.64. The highest BCUT2D eigenvalue weighted by Crippen LogP contribution is 2.01. The van der Waals surface area contributed by atoms with Gasteiger partial charge in [-0.25, -0.2) is 4.79 Å². The summed E-state index contributed by atoms with van der Waals surface area (Å²) >= 11 is 0. The van der Waals surface area contributed by atoms with Gasteiger partial charge in [0.25, 0.3) is 0 Å². The van der Waals surface area contributed by atoms with Gasteiger partial charge < -0.3 is 9.57 Å². The molecule has 1 amide bonds. The Labute approximate surface area is 83.9 Å². The Balaban J connectivity index is 4.17. The SMILES string of the molecule is CCCN(OC(C)=O)C(=O)OC(C)C. The highest BCUT2D eigenvalue weighted by Gasteiger charge is 2.18. The van der Waals surface area contributed by atoms with Gasteiger partial charge in [-0.05, 0) is 20.3 Å². The molecule has 14 heavy (non-hydrogen) atoms. The van der Waals surface area contributed by atoms with Gasteiger partial charge in [0.05, 0.1) is 12.6 Å². The molecule has 0 rings (SSSR count). The number of nitrogens with zero attached hydrogens (tertiary/aromatic N) is 1. The smallest absolute Gasteiger partial charge is 0.443 e. The molecule has 0 aliphatic heterocycles. The molecular formula is C9H17NO4. The van der Waals surface area contributed by atoms with Crippen molar-refractivity contribution in [2.75, 3.05) is 6.54 Å². The van der Waals surface area contributed by atoms with Gasteiger partial charge in [-0.1, -0.05) is 6.92 Å². The Hall–Kier alpha value is -1.26. The first-order chi connectivity index (χ1) is 6.47. The summed E-state index contributed by atoms with van der Waals surface area (Å²) in [6, 6.07) is 0. The summed E-state index contributed by atoms with van der Waals surface area (Å²) in [5.74, 6) is -0.529. The van der Waals surface area contributed by atoms with Crippen LogP contribution in [-0.2, 0) is 14.4 Å². The van der Waals surface area contributed by atoms with Crippen molar-refractivity contribution in [1.29, 1.82) is 0 Å². The Kier molecular flexibility index (Phi) is 5.67. The summed E-state index contributed by atoms with van der Waals surface area (Å²) < 4.78 is 4.88. The molecule has 0 saturated carbocycles. The number of hydrogen-bond acceptors (Lipinski definition) is 4. The topological polar surface area (TPSA) is 55.8 Å². The number of hydrogen-bond donors (Lipinski definition) is 0. The molecule has 0 aromatic carbocycles. The maximum Gasteiger partial charge on any atom is 0.443 e. The fraction of sp³-hybridized carbons (Fsp3) is 0.778. The van der Waals surface area contributed by atoms with Gasteiger partial charge in [0.2, 0.25) is 0 Å². The quantitative estimate of drug-likeness (QED) is 0.655. The lowest BCUT2D eigenvalue weighted by Gasteiger charge is -2.20. The van der Waals surface area contributed by atoms with Crippen LogP contribution in [0, 0.1) is 0 Å². The summed E-state index contributed by atoms with van der Waals surface area (Å²) in [7, 11) is 0. The predicted molar refractivity (Wildman–Crippen MR) is 50.4 cm³/mol. The largest absolute Gasteiger partial charge is 0.445 e. The summed E-state index contributed by atoms with van der Waals surface area (Å²) in [6.45, 7) is 6.92. The van der Waals surface area contributed by atoms with Gasteiger partial charge >= 0.3 is 12.1 Å². The lowest BCUT2D eigenvalue weighted by molar-refractivity contribution is -0.179. The van der Waals surface area contributed by atoms with E-state index < -0.39 is 12.1 Å². The van der Waals surface area contributed by atoms with Crippen molar-refractivity contribution in [3.8, 4) is 0 Å². The van der Waals surface area contributed by atoms with Crippen molar-refractivity contribution in [3.05, 3.63) is 0 Å². The Morgan fingerprint density at radius 2 is 1.93 bits per heavy atom. The van der Waals surface area contributed by atoms with Crippen molar-refractivity contribution in [1.82, 2.24) is 5.06 Å². The zero-order valence-corrected chi connectivity index (χ0v) is 9.07. The van der Waals surface area contributed by atoms with Crippen molar-refractivity contribution in [3.63, 3.8) is 0 Å². The molecule has 0 heterocycles. The molecular weight excluding hydrogens is 186 g/mol. The predicted octanol–water partition coefficient (Wildman–Crippen LogP) is 1.72. The maximum absolute atomic E-state index is 11.3. The van der Waals surface area contributed by atoms with Gasteiger partial charge in [-0.2, -0.15) is 0 Å². The molecule has 0 bridgehead atoms. The third-order valence-electron chi connectivity index (χ3n) is 1.21. The zero-order chi connectivity index (χ0) is 11.1. The lowest BCUT2D eigenvalue weighted by atomic mass is 10.5. The van der Waals surface area contributed by atoms with E-state index in [1.165, 1.54) is 6.92 Å². The third kappa shape index (κ3) is 5.40. The van der Waals surface area contributed by atoms with E-state index in [4.69, 9.17) is 4.74 Å². The second-order valence-corrected chi connectivity index (χ2v) is 3.12. The first kappa shape index (κ1) is 12.7. The van der Waals surface area contributed by atoms with Crippen molar-refractivity contribution in [2.24, 2.45) is 0 Å². The fourth-order valence-corrected chi connectivity index (χ4v) is 0.793. The van der Waals surface area contributed by atoms with E-state index in [0.29, 0.717) is 13.0 Å². The Bertz CT molecular complexity index is 203. The van der Waals surface area contributed by atoms with Crippen LogP contribution in [0.25, 0.3) is 0 Å². The van der Waals surface area contributed by atoms with Crippen LogP contribution in [0.1, 0.15) is 34.1 Å². The molecule has 82 valence electrons. The van der Waals surface area contributed by atoms with Crippen LogP contribution in [0.2, 0.25) is 0 Å². The zero-order valence-electron chi connectivity index (χ0n) is 9.07. The van der Waals surface area contributed by atoms with Gasteiger partial charge in [0, 0.05) is 6.92 Å². The van der Waals surface area contributed by atoms with Crippen LogP contribution < -0.4 is 0 Å². The monoisotopic (exact) mass is 203 g/mol. The van der Waals surface area contributed by atoms with Crippen molar-refractivity contribution >= 4 is 12.1 Å². The number of ether oxygens (including phenoxy) is 1. The van der Waals surface area contributed by atoms with E-state index in [1.54, 1.807) is 13.8 Å². The average Bonchev–Trinajstić information content (AvgIpc) is 2.01. The molecule has 0 radical (unpaired) electrons. The van der Waals surface area contributed by atoms with Crippen molar-refractivity contribution in [2.45, 2.75) is 40.2 Å². The highest BCUT2D eigenvalue weighted by atomic mass is 16.8. The molecule has 0 N–H and O–H groups in total. The summed E-state index contributed by atoms with van der Waals surface area (Å²) in [5.41, 5.74) is 0. The number of amides is 1. The number of carbonyl (C=O) groups excluding carboxylic acids is 2. The second kappa shape index (κ2) is 6.23. The Morgan fingerprint density at radius 1 is 1.36 bits per heavy atom. The minimum Gasteiger partial charge on any atom is -0.445 e. The molecule has 0 fully saturated rings. The van der Waals surface area contributed by atoms with Crippen LogP contribution in [0.15, 0.2) is 0 Å². The van der Waals surface area contributed by atoms with E-state index in [1.807, 2.05) is 6.92 Å². The first-order valence-corrected chi connectivity index (χ1v) is 4.64. The van der Waals surface area contributed by atoms with E-state index >= 15 is 0 Å². The van der Waals surface area contributed by atoms with Gasteiger partial charge in [0.1, 0.15) is 0 Å². The fourth-order valence-electron chi connectivity index (χ4n) is 0.793. The van der Waals surface area contributed by atoms with Gasteiger partial charge in [-0.15, -0.1) is 5.06 Å². The minimum atomic E-state index is -0.628. The molecule has 0 aromatic rings. The molecule has 5 heteroatoms. The summed E-state index contributed by atoms with van der Waals surface area (Å²) in [4.78, 5) is 26.6. The molecule has 0 aliphatic rings. The summed E-state index contributed by atoms with van der Waals surface area (Å²) in [6.07, 6.45) is -0.157. The lowest BCUT2D eigenvalue weighted by Crippen LogP contribution is -2.35. The molecule has 0 saturated heterocycles. The van der Waals surface area contributed by atoms with E-state index in [2.05, 4.69) is 4.84 Å². The summed E-state index contributed by atoms with van der Waals surface area (Å²) in [5, 5.41) is 0.933. The van der Waals surface area contributed by atoms with Crippen LogP contribution in [-0.4, -0.2) is 29.8 Å². The maximum atomic E-state index is 11.3. The van der Waals surface area contributed by atoms with Crippen LogP contribution in [0.3, 0.4) is 0 Å². The van der Waals surface area contributed by atoms with E-state index in [-0.39, 0.29) is 6.10 Å². The van der Waals surface area contributed by atoms with E-state index in [9.17, 15) is 9.59 Å². The van der Waals surface area contributed by atoms with E-state index in [0.717, 1.165) is 5.06 Å². The minimum absolute atomic E-state index is 0.225. The molecule has 0 aliphatic carbocycles. The van der Waals surface area contributed by atoms with Crippen LogP contribution in [0.5, 0.6) is 0 Å². The van der Waals surface area contributed by atoms with Gasteiger partial charge in [0.15, 0.2) is 0 Å². The molecule has 0 unspecified atom stereocenters. The number of carbonyl (C=O) groups is 2. The third-order valence-corrected chi connectivity index (χ3v) is 1.21. The average molecular weight is 203 g/mol. The highest BCUT2D eigenvalue weighted by molar-refractivity contribution is 5.71. The number of rotatable bonds is 3. The molecule has 0 aromatic heterocycles. The van der Waals surface area contributed by atoms with Crippen LogP contribution >= 0.6 is 0 Å². The number of hydroxylamine groups is 2. The molecule has 0 atom stereocenters. The van der Waals surface area contributed by atoms with Crippen molar-refractivity contribution < 1.29 is 19.2 Å². The second-order valence-electron chi connectivity index (χ2n) is 3.12. The van der Waals surface area contributed by atoms with Gasteiger partial charge in [-0.3, -0.25) is 4.79 Å². The Morgan fingerprint density at radius 3 is 2.29 bits per heavy atom.